The van der Waals surface area contributed by atoms with Crippen molar-refractivity contribution in [2.24, 2.45) is 0 Å². The lowest BCUT2D eigenvalue weighted by atomic mass is 10.2. The van der Waals surface area contributed by atoms with Crippen LogP contribution in [0.15, 0.2) is 76.3 Å². The van der Waals surface area contributed by atoms with Gasteiger partial charge in [-0.1, -0.05) is 59.1 Å². The first-order valence-electron chi connectivity index (χ1n) is 10.4. The van der Waals surface area contributed by atoms with Gasteiger partial charge < -0.3 is 5.32 Å². The fourth-order valence-corrected chi connectivity index (χ4v) is 3.84. The van der Waals surface area contributed by atoms with Gasteiger partial charge in [-0.15, -0.1) is 0 Å². The van der Waals surface area contributed by atoms with E-state index in [4.69, 9.17) is 34.8 Å². The van der Waals surface area contributed by atoms with E-state index in [-0.39, 0.29) is 29.7 Å². The molecule has 3 aromatic carbocycles. The Morgan fingerprint density at radius 1 is 0.806 bits per heavy atom. The summed E-state index contributed by atoms with van der Waals surface area (Å²) >= 11 is 17.9. The minimum atomic E-state index is -4.57. The van der Waals surface area contributed by atoms with E-state index in [9.17, 15) is 22.8 Å². The number of anilines is 2. The van der Waals surface area contributed by atoms with Crippen LogP contribution in [0.25, 0.3) is 0 Å². The van der Waals surface area contributed by atoms with Gasteiger partial charge in [0, 0.05) is 10.7 Å². The van der Waals surface area contributed by atoms with E-state index in [1.165, 1.54) is 24.3 Å². The molecule has 6 nitrogen and oxygen atoms in total. The Labute approximate surface area is 217 Å². The fourth-order valence-electron chi connectivity index (χ4n) is 3.40. The average Bonchev–Trinajstić information content (AvgIpc) is 2.82. The Balaban J connectivity index is 1.80. The summed E-state index contributed by atoms with van der Waals surface area (Å²) in [5, 5.41) is 3.72. The zero-order chi connectivity index (χ0) is 26.0. The first-order chi connectivity index (χ1) is 17.0. The highest BCUT2D eigenvalue weighted by molar-refractivity contribution is 6.42. The van der Waals surface area contributed by atoms with Gasteiger partial charge in [0.1, 0.15) is 0 Å². The third kappa shape index (κ3) is 5.92. The standard InChI is InChI=1S/C24H16Cl3F3N4O2/c25-17-7-4-14(5-8-17)12-33-21(31-18-3-1-2-16(11-18)24(28,29)30)32-22(35)34(23(33)36)13-15-6-9-19(26)20(27)10-15/h1-11H,12-13H2,(H,31,32,35). The molecule has 4 aromatic rings. The molecule has 0 atom stereocenters. The molecular weight excluding hydrogens is 540 g/mol. The number of rotatable bonds is 6. The Kier molecular flexibility index (Phi) is 7.44. The third-order valence-electron chi connectivity index (χ3n) is 5.17. The quantitative estimate of drug-likeness (QED) is 0.307. The summed E-state index contributed by atoms with van der Waals surface area (Å²) in [6.07, 6.45) is -4.57. The van der Waals surface area contributed by atoms with Crippen LogP contribution in [-0.4, -0.2) is 14.1 Å². The predicted molar refractivity (Wildman–Crippen MR) is 134 cm³/mol. The zero-order valence-corrected chi connectivity index (χ0v) is 20.5. The minimum absolute atomic E-state index is 0.00298. The molecule has 1 N–H and O–H groups in total. The minimum Gasteiger partial charge on any atom is -0.325 e. The third-order valence-corrected chi connectivity index (χ3v) is 6.17. The summed E-state index contributed by atoms with van der Waals surface area (Å²) in [5.41, 5.74) is -1.34. The van der Waals surface area contributed by atoms with Gasteiger partial charge in [-0.2, -0.15) is 18.2 Å². The monoisotopic (exact) mass is 554 g/mol. The summed E-state index contributed by atoms with van der Waals surface area (Å²) in [6.45, 7) is -0.183. The molecule has 186 valence electrons. The van der Waals surface area contributed by atoms with Crippen LogP contribution in [0.1, 0.15) is 16.7 Å². The Hall–Kier alpha value is -3.27. The Bertz CT molecular complexity index is 1530. The van der Waals surface area contributed by atoms with Crippen LogP contribution in [0.3, 0.4) is 0 Å². The molecule has 0 spiro atoms. The molecule has 0 aliphatic rings. The molecule has 1 aromatic heterocycles. The number of aromatic nitrogens is 3. The summed E-state index contributed by atoms with van der Waals surface area (Å²) in [6, 6.07) is 15.6. The lowest BCUT2D eigenvalue weighted by Gasteiger charge is -2.16. The normalized spacial score (nSPS) is 11.5. The van der Waals surface area contributed by atoms with Gasteiger partial charge in [0.25, 0.3) is 0 Å². The van der Waals surface area contributed by atoms with Gasteiger partial charge >= 0.3 is 17.6 Å². The molecule has 4 rings (SSSR count). The Morgan fingerprint density at radius 3 is 2.14 bits per heavy atom. The molecule has 0 fully saturated rings. The molecule has 0 saturated carbocycles. The molecule has 0 saturated heterocycles. The van der Waals surface area contributed by atoms with E-state index in [0.29, 0.717) is 21.2 Å². The van der Waals surface area contributed by atoms with Crippen LogP contribution < -0.4 is 16.7 Å². The highest BCUT2D eigenvalue weighted by atomic mass is 35.5. The Morgan fingerprint density at radius 2 is 1.47 bits per heavy atom. The number of alkyl halides is 3. The highest BCUT2D eigenvalue weighted by Crippen LogP contribution is 2.31. The van der Waals surface area contributed by atoms with Gasteiger partial charge in [-0.3, -0.25) is 4.57 Å². The molecule has 0 bridgehead atoms. The maximum Gasteiger partial charge on any atom is 0.416 e. The predicted octanol–water partition coefficient (Wildman–Crippen LogP) is 6.22. The second kappa shape index (κ2) is 10.4. The van der Waals surface area contributed by atoms with Crippen LogP contribution in [0, 0.1) is 0 Å². The van der Waals surface area contributed by atoms with Crippen molar-refractivity contribution in [2.45, 2.75) is 19.3 Å². The van der Waals surface area contributed by atoms with Crippen LogP contribution in [-0.2, 0) is 19.3 Å². The van der Waals surface area contributed by atoms with Crippen molar-refractivity contribution in [1.29, 1.82) is 0 Å². The van der Waals surface area contributed by atoms with Crippen LogP contribution in [0.5, 0.6) is 0 Å². The fraction of sp³-hybridized carbons (Fsp3) is 0.125. The first kappa shape index (κ1) is 25.8. The van der Waals surface area contributed by atoms with Crippen LogP contribution >= 0.6 is 34.8 Å². The topological polar surface area (TPSA) is 68.9 Å². The number of nitrogens with one attached hydrogen (secondary N) is 1. The molecule has 12 heteroatoms. The van der Waals surface area contributed by atoms with Crippen molar-refractivity contribution in [1.82, 2.24) is 14.1 Å². The van der Waals surface area contributed by atoms with Crippen molar-refractivity contribution >= 4 is 46.4 Å². The van der Waals surface area contributed by atoms with Crippen molar-refractivity contribution < 1.29 is 13.2 Å². The maximum atomic E-state index is 13.4. The number of hydrogen-bond donors (Lipinski definition) is 1. The van der Waals surface area contributed by atoms with Gasteiger partial charge in [-0.05, 0) is 53.6 Å². The number of hydrogen-bond acceptors (Lipinski definition) is 4. The lowest BCUT2D eigenvalue weighted by molar-refractivity contribution is -0.137. The highest BCUT2D eigenvalue weighted by Gasteiger charge is 2.30. The summed E-state index contributed by atoms with van der Waals surface area (Å²) in [4.78, 5) is 30.2. The van der Waals surface area contributed by atoms with Crippen molar-refractivity contribution in [3.8, 4) is 0 Å². The smallest absolute Gasteiger partial charge is 0.325 e. The first-order valence-corrected chi connectivity index (χ1v) is 11.5. The lowest BCUT2D eigenvalue weighted by Crippen LogP contribution is -2.43. The summed E-state index contributed by atoms with van der Waals surface area (Å²) in [7, 11) is 0. The number of benzene rings is 3. The van der Waals surface area contributed by atoms with Crippen molar-refractivity contribution in [2.75, 3.05) is 5.32 Å². The van der Waals surface area contributed by atoms with Gasteiger partial charge in [0.05, 0.1) is 28.7 Å². The van der Waals surface area contributed by atoms with Crippen LogP contribution in [0.2, 0.25) is 15.1 Å². The van der Waals surface area contributed by atoms with Crippen molar-refractivity contribution in [3.63, 3.8) is 0 Å². The van der Waals surface area contributed by atoms with Crippen LogP contribution in [0.4, 0.5) is 24.8 Å². The molecule has 0 unspecified atom stereocenters. The molecule has 36 heavy (non-hydrogen) atoms. The van der Waals surface area contributed by atoms with E-state index in [1.54, 1.807) is 30.3 Å². The van der Waals surface area contributed by atoms with E-state index in [2.05, 4.69) is 10.3 Å². The van der Waals surface area contributed by atoms with E-state index in [0.717, 1.165) is 21.3 Å². The van der Waals surface area contributed by atoms with Gasteiger partial charge in [0.15, 0.2) is 0 Å². The average molecular weight is 556 g/mol. The summed E-state index contributed by atoms with van der Waals surface area (Å²) in [5.74, 6) is -0.218. The molecule has 1 heterocycles. The zero-order valence-electron chi connectivity index (χ0n) is 18.2. The molecule has 0 radical (unpaired) electrons. The molecular formula is C24H16Cl3F3N4O2. The van der Waals surface area contributed by atoms with E-state index in [1.807, 2.05) is 0 Å². The van der Waals surface area contributed by atoms with E-state index < -0.39 is 23.1 Å². The summed E-state index contributed by atoms with van der Waals surface area (Å²) < 4.78 is 41.6. The van der Waals surface area contributed by atoms with Gasteiger partial charge in [-0.25, -0.2) is 14.2 Å². The number of nitrogens with zero attached hydrogens (tertiary/aromatic N) is 3. The number of halogens is 6. The second-order valence-electron chi connectivity index (χ2n) is 7.75. The van der Waals surface area contributed by atoms with E-state index >= 15 is 0 Å². The van der Waals surface area contributed by atoms with Crippen molar-refractivity contribution in [3.05, 3.63) is 119 Å². The van der Waals surface area contributed by atoms with Gasteiger partial charge in [0.2, 0.25) is 5.95 Å². The largest absolute Gasteiger partial charge is 0.416 e. The SMILES string of the molecule is O=c1nc(Nc2cccc(C(F)(F)F)c2)n(Cc2ccc(Cl)cc2)c(=O)n1Cc1ccc(Cl)c(Cl)c1. The molecule has 0 aliphatic carbocycles. The maximum absolute atomic E-state index is 13.4. The molecule has 0 amide bonds. The second-order valence-corrected chi connectivity index (χ2v) is 9.00. The molecule has 0 aliphatic heterocycles.